The van der Waals surface area contributed by atoms with E-state index in [1.807, 2.05) is 0 Å². The number of hydrogen-bond acceptors (Lipinski definition) is 5. The summed E-state index contributed by atoms with van der Waals surface area (Å²) < 4.78 is 10.4. The van der Waals surface area contributed by atoms with Gasteiger partial charge in [-0.15, -0.1) is 0 Å². The van der Waals surface area contributed by atoms with E-state index in [0.717, 1.165) is 13.1 Å². The number of carbonyl (C=O) groups excluding carboxylic acids is 1. The number of nitrogens with one attached hydrogen (secondary N) is 1. The number of carboxylic acids is 1. The number of ether oxygens (including phenoxy) is 2. The lowest BCUT2D eigenvalue weighted by Crippen LogP contribution is -2.59. The van der Waals surface area contributed by atoms with Crippen molar-refractivity contribution in [1.82, 2.24) is 10.2 Å². The second kappa shape index (κ2) is 6.51. The van der Waals surface area contributed by atoms with Crippen LogP contribution in [0.25, 0.3) is 0 Å². The van der Waals surface area contributed by atoms with Crippen molar-refractivity contribution in [3.05, 3.63) is 0 Å². The largest absolute Gasteiger partial charge is 0.480 e. The fraction of sp³-hybridized carbons (Fsp3) is 0.846. The molecule has 2 fully saturated rings. The molecular weight excluding hydrogens is 264 g/mol. The maximum Gasteiger partial charge on any atom is 0.328 e. The number of amides is 1. The van der Waals surface area contributed by atoms with Crippen LogP contribution in [0.15, 0.2) is 0 Å². The Labute approximate surface area is 118 Å². The van der Waals surface area contributed by atoms with Crippen LogP contribution in [0.3, 0.4) is 0 Å². The quantitative estimate of drug-likeness (QED) is 0.711. The highest BCUT2D eigenvalue weighted by Crippen LogP contribution is 2.32. The van der Waals surface area contributed by atoms with Crippen LogP contribution in [-0.4, -0.2) is 74.5 Å². The maximum atomic E-state index is 12.9. The van der Waals surface area contributed by atoms with E-state index in [1.165, 1.54) is 4.90 Å². The molecule has 0 radical (unpaired) electrons. The molecule has 1 amide bonds. The van der Waals surface area contributed by atoms with Gasteiger partial charge in [-0.25, -0.2) is 4.79 Å². The summed E-state index contributed by atoms with van der Waals surface area (Å²) in [5.41, 5.74) is -0.606. The first-order valence-electron chi connectivity index (χ1n) is 6.92. The van der Waals surface area contributed by atoms with E-state index in [0.29, 0.717) is 32.6 Å². The van der Waals surface area contributed by atoms with Crippen LogP contribution in [0.2, 0.25) is 0 Å². The van der Waals surface area contributed by atoms with Gasteiger partial charge in [0.25, 0.3) is 0 Å². The van der Waals surface area contributed by atoms with Gasteiger partial charge in [-0.1, -0.05) is 0 Å². The Morgan fingerprint density at radius 3 is 2.75 bits per heavy atom. The number of carbonyl (C=O) groups is 2. The molecule has 1 unspecified atom stereocenters. The summed E-state index contributed by atoms with van der Waals surface area (Å²) >= 11 is 0. The average Bonchev–Trinajstić information content (AvgIpc) is 2.47. The van der Waals surface area contributed by atoms with E-state index < -0.39 is 17.4 Å². The first kappa shape index (κ1) is 15.2. The lowest BCUT2D eigenvalue weighted by Gasteiger charge is -2.42. The van der Waals surface area contributed by atoms with E-state index in [-0.39, 0.29) is 12.5 Å². The second-order valence-electron chi connectivity index (χ2n) is 5.39. The Bertz CT molecular complexity index is 362. The van der Waals surface area contributed by atoms with Crippen molar-refractivity contribution in [3.63, 3.8) is 0 Å². The molecular formula is C13H22N2O5. The topological polar surface area (TPSA) is 88.1 Å². The Kier molecular flexibility index (Phi) is 4.95. The Balaban J connectivity index is 2.18. The van der Waals surface area contributed by atoms with Gasteiger partial charge in [0.15, 0.2) is 6.04 Å². The summed E-state index contributed by atoms with van der Waals surface area (Å²) in [4.78, 5) is 25.6. The molecule has 1 atom stereocenters. The summed E-state index contributed by atoms with van der Waals surface area (Å²) in [5.74, 6) is -1.13. The lowest BCUT2D eigenvalue weighted by molar-refractivity contribution is -0.167. The van der Waals surface area contributed by atoms with Crippen LogP contribution >= 0.6 is 0 Å². The Morgan fingerprint density at radius 1 is 1.45 bits per heavy atom. The smallest absolute Gasteiger partial charge is 0.328 e. The Morgan fingerprint density at radius 2 is 2.15 bits per heavy atom. The van der Waals surface area contributed by atoms with Crippen molar-refractivity contribution < 1.29 is 24.2 Å². The van der Waals surface area contributed by atoms with Gasteiger partial charge in [0.05, 0.1) is 25.2 Å². The second-order valence-corrected chi connectivity index (χ2v) is 5.39. The van der Waals surface area contributed by atoms with Gasteiger partial charge in [-0.05, 0) is 25.9 Å². The van der Waals surface area contributed by atoms with Gasteiger partial charge in [-0.3, -0.25) is 4.79 Å². The van der Waals surface area contributed by atoms with Gasteiger partial charge in [0.1, 0.15) is 0 Å². The molecule has 7 nitrogen and oxygen atoms in total. The molecule has 0 aliphatic carbocycles. The molecule has 7 heteroatoms. The summed E-state index contributed by atoms with van der Waals surface area (Å²) in [6, 6.07) is -0.889. The minimum Gasteiger partial charge on any atom is -0.480 e. The van der Waals surface area contributed by atoms with Gasteiger partial charge in [0, 0.05) is 13.7 Å². The number of rotatable bonds is 4. The van der Waals surface area contributed by atoms with Crippen molar-refractivity contribution >= 4 is 11.9 Å². The van der Waals surface area contributed by atoms with E-state index in [1.54, 1.807) is 7.11 Å². The molecule has 2 aliphatic rings. The van der Waals surface area contributed by atoms with Crippen molar-refractivity contribution in [1.29, 1.82) is 0 Å². The van der Waals surface area contributed by atoms with Crippen LogP contribution in [0, 0.1) is 5.41 Å². The normalized spacial score (nSPS) is 26.2. The number of carboxylic acid groups (broad SMARTS) is 1. The highest BCUT2D eigenvalue weighted by molar-refractivity contribution is 5.88. The van der Waals surface area contributed by atoms with Crippen LogP contribution in [0.5, 0.6) is 0 Å². The zero-order valence-corrected chi connectivity index (χ0v) is 11.8. The number of aliphatic carboxylic acids is 1. The average molecular weight is 286 g/mol. The molecule has 0 aromatic carbocycles. The zero-order valence-electron chi connectivity index (χ0n) is 11.8. The Hall–Kier alpha value is -1.18. The van der Waals surface area contributed by atoms with Crippen LogP contribution in [-0.2, 0) is 19.1 Å². The molecule has 114 valence electrons. The minimum absolute atomic E-state index is 0.0579. The fourth-order valence-electron chi connectivity index (χ4n) is 2.96. The molecule has 0 bridgehead atoms. The first-order valence-corrected chi connectivity index (χ1v) is 6.92. The highest BCUT2D eigenvalue weighted by Gasteiger charge is 2.46. The molecule has 0 spiro atoms. The number of methoxy groups -OCH3 is 1. The predicted octanol–water partition coefficient (Wildman–Crippen LogP) is -0.685. The summed E-state index contributed by atoms with van der Waals surface area (Å²) in [5, 5.41) is 12.5. The van der Waals surface area contributed by atoms with Crippen LogP contribution in [0.1, 0.15) is 12.8 Å². The number of hydrogen-bond donors (Lipinski definition) is 2. The summed E-state index contributed by atoms with van der Waals surface area (Å²) in [6.07, 6.45) is 1.34. The van der Waals surface area contributed by atoms with Gasteiger partial charge in [0.2, 0.25) is 5.91 Å². The fourth-order valence-corrected chi connectivity index (χ4v) is 2.96. The van der Waals surface area contributed by atoms with Crippen LogP contribution < -0.4 is 5.32 Å². The van der Waals surface area contributed by atoms with E-state index in [9.17, 15) is 14.7 Å². The molecule has 2 aliphatic heterocycles. The molecule has 20 heavy (non-hydrogen) atoms. The molecule has 2 N–H and O–H groups in total. The predicted molar refractivity (Wildman–Crippen MR) is 70.4 cm³/mol. The van der Waals surface area contributed by atoms with Crippen molar-refractivity contribution in [2.45, 2.75) is 18.9 Å². The standard InChI is InChI=1S/C13H22N2O5/c1-19-9-13(2-4-14-5-3-13)12(18)15-6-7-20-8-10(15)11(16)17/h10,14H,2-9H2,1H3,(H,16,17). The third kappa shape index (κ3) is 2.94. The molecule has 0 saturated carbocycles. The van der Waals surface area contributed by atoms with Gasteiger partial charge >= 0.3 is 5.97 Å². The summed E-state index contributed by atoms with van der Waals surface area (Å²) in [6.45, 7) is 2.60. The van der Waals surface area contributed by atoms with Crippen molar-refractivity contribution in [2.24, 2.45) is 5.41 Å². The van der Waals surface area contributed by atoms with Gasteiger partial charge < -0.3 is 24.8 Å². The third-order valence-corrected chi connectivity index (χ3v) is 4.11. The molecule has 2 rings (SSSR count). The monoisotopic (exact) mass is 286 g/mol. The van der Waals surface area contributed by atoms with E-state index in [2.05, 4.69) is 5.32 Å². The molecule has 0 aromatic rings. The van der Waals surface area contributed by atoms with Crippen LogP contribution in [0.4, 0.5) is 0 Å². The number of nitrogens with zero attached hydrogens (tertiary/aromatic N) is 1. The maximum absolute atomic E-state index is 12.9. The SMILES string of the molecule is COCC1(C(=O)N2CCOCC2C(=O)O)CCNCC1. The van der Waals surface area contributed by atoms with Crippen molar-refractivity contribution in [3.8, 4) is 0 Å². The number of piperidine rings is 1. The van der Waals surface area contributed by atoms with Crippen molar-refractivity contribution in [2.75, 3.05) is 46.6 Å². The first-order chi connectivity index (χ1) is 9.60. The molecule has 0 aromatic heterocycles. The summed E-state index contributed by atoms with van der Waals surface area (Å²) in [7, 11) is 1.57. The minimum atomic E-state index is -1.01. The lowest BCUT2D eigenvalue weighted by atomic mass is 9.78. The van der Waals surface area contributed by atoms with E-state index in [4.69, 9.17) is 9.47 Å². The van der Waals surface area contributed by atoms with Gasteiger partial charge in [-0.2, -0.15) is 0 Å². The number of morpholine rings is 1. The van der Waals surface area contributed by atoms with E-state index >= 15 is 0 Å². The molecule has 2 saturated heterocycles. The molecule has 2 heterocycles. The third-order valence-electron chi connectivity index (χ3n) is 4.11. The zero-order chi connectivity index (χ0) is 14.6. The highest BCUT2D eigenvalue weighted by atomic mass is 16.5.